The van der Waals surface area contributed by atoms with E-state index in [0.717, 1.165) is 12.8 Å². The Hall–Kier alpha value is -0.400. The van der Waals surface area contributed by atoms with Gasteiger partial charge < -0.3 is 0 Å². The highest BCUT2D eigenvalue weighted by molar-refractivity contribution is 4.66. The maximum atomic E-state index is 11.2. The van der Waals surface area contributed by atoms with Crippen molar-refractivity contribution in [2.45, 2.75) is 200 Å². The van der Waals surface area contributed by atoms with Crippen LogP contribution in [0, 0.1) is 4.91 Å². The Morgan fingerprint density at radius 1 is 0.364 bits per heavy atom. The van der Waals surface area contributed by atoms with E-state index < -0.39 is 0 Å². The van der Waals surface area contributed by atoms with Crippen LogP contribution in [0.2, 0.25) is 0 Å². The molecule has 0 radical (unpaired) electrons. The second-order valence-electron chi connectivity index (χ2n) is 10.8. The summed E-state index contributed by atoms with van der Waals surface area (Å²) in [7, 11) is 0. The smallest absolute Gasteiger partial charge is 0.0919 e. The molecule has 198 valence electrons. The first-order chi connectivity index (χ1) is 16.3. The predicted molar refractivity (Wildman–Crippen MR) is 150 cm³/mol. The van der Waals surface area contributed by atoms with Crippen LogP contribution in [0.25, 0.3) is 0 Å². The SMILES string of the molecule is CCCCCCCCCCCCCCCC(CCCCCCCCCCCCCCC)N=O. The van der Waals surface area contributed by atoms with Crippen molar-refractivity contribution in [2.75, 3.05) is 0 Å². The van der Waals surface area contributed by atoms with Gasteiger partial charge in [-0.1, -0.05) is 186 Å². The van der Waals surface area contributed by atoms with Crippen molar-refractivity contribution in [1.82, 2.24) is 0 Å². The maximum absolute atomic E-state index is 11.2. The summed E-state index contributed by atoms with van der Waals surface area (Å²) in [4.78, 5) is 11.2. The first-order valence-corrected chi connectivity index (χ1v) is 15.7. The third-order valence-corrected chi connectivity index (χ3v) is 7.43. The van der Waals surface area contributed by atoms with Crippen molar-refractivity contribution in [2.24, 2.45) is 5.18 Å². The summed E-state index contributed by atoms with van der Waals surface area (Å²) in [5.74, 6) is 0. The van der Waals surface area contributed by atoms with Crippen LogP contribution in [-0.2, 0) is 0 Å². The van der Waals surface area contributed by atoms with Crippen molar-refractivity contribution in [1.29, 1.82) is 0 Å². The minimum atomic E-state index is 0.0883. The molecule has 0 N–H and O–H groups in total. The fourth-order valence-electron chi connectivity index (χ4n) is 5.05. The zero-order valence-corrected chi connectivity index (χ0v) is 23.2. The molecule has 2 nitrogen and oxygen atoms in total. The van der Waals surface area contributed by atoms with Crippen molar-refractivity contribution in [3.05, 3.63) is 4.91 Å². The lowest BCUT2D eigenvalue weighted by Gasteiger charge is -2.09. The van der Waals surface area contributed by atoms with E-state index in [1.807, 2.05) is 0 Å². The van der Waals surface area contributed by atoms with E-state index in [1.54, 1.807) is 0 Å². The molecule has 0 heterocycles. The molecule has 0 aromatic heterocycles. The highest BCUT2D eigenvalue weighted by Gasteiger charge is 2.08. The summed E-state index contributed by atoms with van der Waals surface area (Å²) in [6.45, 7) is 4.58. The van der Waals surface area contributed by atoms with Gasteiger partial charge in [0.25, 0.3) is 0 Å². The van der Waals surface area contributed by atoms with Gasteiger partial charge in [0, 0.05) is 0 Å². The highest BCUT2D eigenvalue weighted by Crippen LogP contribution is 2.18. The molecule has 0 saturated heterocycles. The summed E-state index contributed by atoms with van der Waals surface area (Å²) < 4.78 is 0. The number of rotatable bonds is 29. The van der Waals surface area contributed by atoms with Crippen LogP contribution >= 0.6 is 0 Å². The van der Waals surface area contributed by atoms with Gasteiger partial charge >= 0.3 is 0 Å². The van der Waals surface area contributed by atoms with Crippen LogP contribution in [0.15, 0.2) is 5.18 Å². The van der Waals surface area contributed by atoms with E-state index in [2.05, 4.69) is 19.0 Å². The molecular formula is C31H63NO. The van der Waals surface area contributed by atoms with Crippen LogP contribution in [0.3, 0.4) is 0 Å². The Labute approximate surface area is 209 Å². The Morgan fingerprint density at radius 2 is 0.576 bits per heavy atom. The molecule has 0 fully saturated rings. The quantitative estimate of drug-likeness (QED) is 0.0797. The topological polar surface area (TPSA) is 29.4 Å². The van der Waals surface area contributed by atoms with Crippen LogP contribution in [0.4, 0.5) is 0 Å². The molecule has 0 aliphatic rings. The van der Waals surface area contributed by atoms with Gasteiger partial charge in [0.1, 0.15) is 0 Å². The van der Waals surface area contributed by atoms with Gasteiger partial charge in [-0.2, -0.15) is 4.91 Å². The van der Waals surface area contributed by atoms with Crippen LogP contribution < -0.4 is 0 Å². The molecule has 2 heteroatoms. The van der Waals surface area contributed by atoms with Crippen molar-refractivity contribution in [3.8, 4) is 0 Å². The largest absolute Gasteiger partial charge is 0.151 e. The summed E-state index contributed by atoms with van der Waals surface area (Å²) in [6, 6.07) is 0.0883. The monoisotopic (exact) mass is 465 g/mol. The van der Waals surface area contributed by atoms with Gasteiger partial charge in [0.05, 0.1) is 6.04 Å². The van der Waals surface area contributed by atoms with E-state index in [0.29, 0.717) is 0 Å². The van der Waals surface area contributed by atoms with Gasteiger partial charge in [-0.3, -0.25) is 0 Å². The Bertz CT molecular complexity index is 327. The third kappa shape index (κ3) is 27.7. The molecule has 0 aliphatic heterocycles. The van der Waals surface area contributed by atoms with Crippen molar-refractivity contribution >= 4 is 0 Å². The van der Waals surface area contributed by atoms with E-state index in [-0.39, 0.29) is 6.04 Å². The summed E-state index contributed by atoms with van der Waals surface area (Å²) in [5, 5.41) is 3.43. The summed E-state index contributed by atoms with van der Waals surface area (Å²) in [5.41, 5.74) is 0. The van der Waals surface area contributed by atoms with Crippen molar-refractivity contribution in [3.63, 3.8) is 0 Å². The molecule has 0 saturated carbocycles. The standard InChI is InChI=1S/C31H63NO/c1-3-5-7-9-11-13-15-17-19-21-23-25-27-29-31(32-33)30-28-26-24-22-20-18-16-14-12-10-8-6-4-2/h31H,3-30H2,1-2H3. The lowest BCUT2D eigenvalue weighted by atomic mass is 10.00. The molecule has 0 aliphatic carbocycles. The number of nitroso groups, excluding NO2 is 1. The van der Waals surface area contributed by atoms with Crippen LogP contribution in [-0.4, -0.2) is 6.04 Å². The first-order valence-electron chi connectivity index (χ1n) is 15.7. The number of hydrogen-bond donors (Lipinski definition) is 0. The van der Waals surface area contributed by atoms with Crippen LogP contribution in [0.1, 0.15) is 194 Å². The molecule has 0 atom stereocenters. The zero-order valence-electron chi connectivity index (χ0n) is 23.2. The Balaban J connectivity index is 3.27. The molecule has 33 heavy (non-hydrogen) atoms. The van der Waals surface area contributed by atoms with E-state index in [4.69, 9.17) is 0 Å². The lowest BCUT2D eigenvalue weighted by molar-refractivity contribution is 0.477. The fraction of sp³-hybridized carbons (Fsp3) is 1.00. The second-order valence-corrected chi connectivity index (χ2v) is 10.8. The second kappa shape index (κ2) is 29.6. The average molecular weight is 466 g/mol. The first kappa shape index (κ1) is 32.6. The Morgan fingerprint density at radius 3 is 0.788 bits per heavy atom. The average Bonchev–Trinajstić information content (AvgIpc) is 2.83. The van der Waals surface area contributed by atoms with Gasteiger partial charge in [-0.25, -0.2) is 0 Å². The molecular weight excluding hydrogens is 402 g/mol. The summed E-state index contributed by atoms with van der Waals surface area (Å²) >= 11 is 0. The molecule has 0 aromatic rings. The molecule has 0 bridgehead atoms. The van der Waals surface area contributed by atoms with Gasteiger partial charge in [-0.15, -0.1) is 0 Å². The predicted octanol–water partition coefficient (Wildman–Crippen LogP) is 12.1. The van der Waals surface area contributed by atoms with Crippen molar-refractivity contribution < 1.29 is 0 Å². The minimum absolute atomic E-state index is 0.0883. The van der Waals surface area contributed by atoms with Gasteiger partial charge in [-0.05, 0) is 12.8 Å². The fourth-order valence-corrected chi connectivity index (χ4v) is 5.05. The highest BCUT2D eigenvalue weighted by atomic mass is 16.3. The molecule has 0 rings (SSSR count). The maximum Gasteiger partial charge on any atom is 0.0919 e. The number of unbranched alkanes of at least 4 members (excludes halogenated alkanes) is 24. The van der Waals surface area contributed by atoms with E-state index in [1.165, 1.54) is 167 Å². The lowest BCUT2D eigenvalue weighted by Crippen LogP contribution is -2.03. The van der Waals surface area contributed by atoms with Gasteiger partial charge in [0.2, 0.25) is 0 Å². The number of nitrogens with zero attached hydrogens (tertiary/aromatic N) is 1. The van der Waals surface area contributed by atoms with Gasteiger partial charge in [0.15, 0.2) is 0 Å². The number of hydrogen-bond acceptors (Lipinski definition) is 2. The van der Waals surface area contributed by atoms with E-state index >= 15 is 0 Å². The Kier molecular flexibility index (Phi) is 29.3. The normalized spacial score (nSPS) is 11.5. The third-order valence-electron chi connectivity index (χ3n) is 7.43. The molecule has 0 aromatic carbocycles. The molecule has 0 unspecified atom stereocenters. The summed E-state index contributed by atoms with van der Waals surface area (Å²) in [6.07, 6.45) is 38.1. The minimum Gasteiger partial charge on any atom is -0.151 e. The molecule has 0 amide bonds. The molecule has 0 spiro atoms. The zero-order chi connectivity index (χ0) is 24.1. The van der Waals surface area contributed by atoms with E-state index in [9.17, 15) is 4.91 Å². The van der Waals surface area contributed by atoms with Crippen LogP contribution in [0.5, 0.6) is 0 Å².